The molecule has 1 amide bonds. The van der Waals surface area contributed by atoms with Gasteiger partial charge in [-0.25, -0.2) is 4.68 Å². The van der Waals surface area contributed by atoms with Gasteiger partial charge in [0.1, 0.15) is 5.82 Å². The number of carbonyl (C=O) groups is 1. The van der Waals surface area contributed by atoms with Crippen molar-refractivity contribution in [1.82, 2.24) is 9.78 Å². The smallest absolute Gasteiger partial charge is 0.228 e. The van der Waals surface area contributed by atoms with Crippen LogP contribution in [0.1, 0.15) is 35.2 Å². The molecule has 1 fully saturated rings. The second-order valence-corrected chi connectivity index (χ2v) is 7.85. The highest BCUT2D eigenvalue weighted by atomic mass is 32.2. The van der Waals surface area contributed by atoms with Crippen LogP contribution in [0.3, 0.4) is 0 Å². The molecule has 1 unspecified atom stereocenters. The third kappa shape index (κ3) is 2.51. The largest absolute Gasteiger partial charge is 0.310 e. The fourth-order valence-corrected chi connectivity index (χ4v) is 4.22. The number of hydrogen-bond acceptors (Lipinski definition) is 3. The number of rotatable bonds is 3. The third-order valence-electron chi connectivity index (χ3n) is 4.66. The van der Waals surface area contributed by atoms with Crippen molar-refractivity contribution in [1.29, 1.82) is 0 Å². The van der Waals surface area contributed by atoms with Crippen LogP contribution in [-0.4, -0.2) is 19.9 Å². The van der Waals surface area contributed by atoms with Gasteiger partial charge >= 0.3 is 0 Å². The zero-order valence-electron chi connectivity index (χ0n) is 13.3. The van der Waals surface area contributed by atoms with E-state index >= 15 is 0 Å². The maximum absolute atomic E-state index is 12.3. The molecule has 1 aliphatic carbocycles. The van der Waals surface area contributed by atoms with Crippen LogP contribution in [0.2, 0.25) is 0 Å². The van der Waals surface area contributed by atoms with Crippen LogP contribution >= 0.6 is 0 Å². The molecule has 1 aromatic heterocycles. The zero-order valence-corrected chi connectivity index (χ0v) is 14.1. The molecule has 0 spiro atoms. The highest BCUT2D eigenvalue weighted by Crippen LogP contribution is 2.35. The Morgan fingerprint density at radius 1 is 1.30 bits per heavy atom. The molecular formula is C17H19N3O2S. The molecule has 5 nitrogen and oxygen atoms in total. The minimum atomic E-state index is -0.910. The van der Waals surface area contributed by atoms with Gasteiger partial charge in [0.2, 0.25) is 5.91 Å². The SMILES string of the molecule is Cc1cccc(-n2nc3c(c2NC(=O)C2CC2)CS(=O)C3)c1C. The Labute approximate surface area is 137 Å². The summed E-state index contributed by atoms with van der Waals surface area (Å²) in [5, 5.41) is 7.70. The van der Waals surface area contributed by atoms with Crippen molar-refractivity contribution in [3.05, 3.63) is 40.6 Å². The number of aryl methyl sites for hydroxylation is 1. The fourth-order valence-electron chi connectivity index (χ4n) is 2.96. The van der Waals surface area contributed by atoms with E-state index in [2.05, 4.69) is 30.3 Å². The van der Waals surface area contributed by atoms with Gasteiger partial charge in [0, 0.05) is 22.3 Å². The molecule has 1 N–H and O–H groups in total. The van der Waals surface area contributed by atoms with Crippen molar-refractivity contribution >= 4 is 22.5 Å². The summed E-state index contributed by atoms with van der Waals surface area (Å²) in [6.07, 6.45) is 1.91. The summed E-state index contributed by atoms with van der Waals surface area (Å²) in [4.78, 5) is 12.3. The summed E-state index contributed by atoms with van der Waals surface area (Å²) in [5.74, 6) is 1.83. The van der Waals surface area contributed by atoms with E-state index in [0.29, 0.717) is 17.3 Å². The molecule has 2 aromatic rings. The van der Waals surface area contributed by atoms with E-state index in [1.807, 2.05) is 16.8 Å². The van der Waals surface area contributed by atoms with Crippen molar-refractivity contribution in [2.45, 2.75) is 38.2 Å². The lowest BCUT2D eigenvalue weighted by atomic mass is 10.1. The first-order valence-corrected chi connectivity index (χ1v) is 9.36. The lowest BCUT2D eigenvalue weighted by Gasteiger charge is -2.14. The van der Waals surface area contributed by atoms with Crippen LogP contribution < -0.4 is 5.32 Å². The monoisotopic (exact) mass is 329 g/mol. The van der Waals surface area contributed by atoms with Crippen LogP contribution in [0.15, 0.2) is 18.2 Å². The summed E-state index contributed by atoms with van der Waals surface area (Å²) in [7, 11) is -0.910. The van der Waals surface area contributed by atoms with Gasteiger partial charge in [-0.05, 0) is 43.9 Å². The lowest BCUT2D eigenvalue weighted by Crippen LogP contribution is -2.18. The molecule has 2 aliphatic rings. The van der Waals surface area contributed by atoms with Crippen molar-refractivity contribution in [3.63, 3.8) is 0 Å². The predicted octanol–water partition coefficient (Wildman–Crippen LogP) is 2.60. The standard InChI is InChI=1S/C17H19N3O2S/c1-10-4-3-5-15(11(10)2)20-16(18-17(21)12-6-7-12)13-8-23(22)9-14(13)19-20/h3-5,12H,6-9H2,1-2H3,(H,18,21). The second kappa shape index (κ2) is 5.30. The number of amides is 1. The molecule has 1 aromatic carbocycles. The summed E-state index contributed by atoms with van der Waals surface area (Å²) in [5.41, 5.74) is 5.06. The lowest BCUT2D eigenvalue weighted by molar-refractivity contribution is -0.117. The van der Waals surface area contributed by atoms with Crippen LogP contribution in [0.5, 0.6) is 0 Å². The van der Waals surface area contributed by atoms with Gasteiger partial charge in [-0.15, -0.1) is 0 Å². The van der Waals surface area contributed by atoms with E-state index in [4.69, 9.17) is 0 Å². The third-order valence-corrected chi connectivity index (χ3v) is 5.87. The molecule has 1 aliphatic heterocycles. The van der Waals surface area contributed by atoms with Gasteiger partial charge < -0.3 is 5.32 Å². The van der Waals surface area contributed by atoms with Gasteiger partial charge in [0.05, 0.1) is 22.9 Å². The summed E-state index contributed by atoms with van der Waals surface area (Å²) >= 11 is 0. The Balaban J connectivity index is 1.83. The average Bonchev–Trinajstić information content (AvgIpc) is 3.23. The Morgan fingerprint density at radius 3 is 2.83 bits per heavy atom. The van der Waals surface area contributed by atoms with Gasteiger partial charge in [-0.2, -0.15) is 5.10 Å². The van der Waals surface area contributed by atoms with Crippen molar-refractivity contribution < 1.29 is 9.00 Å². The first-order chi connectivity index (χ1) is 11.0. The summed E-state index contributed by atoms with van der Waals surface area (Å²) in [6, 6.07) is 6.07. The topological polar surface area (TPSA) is 64.0 Å². The molecule has 2 heterocycles. The van der Waals surface area contributed by atoms with Gasteiger partial charge in [-0.1, -0.05) is 12.1 Å². The highest BCUT2D eigenvalue weighted by molar-refractivity contribution is 7.83. The van der Waals surface area contributed by atoms with Gasteiger partial charge in [0.15, 0.2) is 0 Å². The molecule has 120 valence electrons. The molecule has 6 heteroatoms. The number of nitrogens with zero attached hydrogens (tertiary/aromatic N) is 2. The van der Waals surface area contributed by atoms with Crippen LogP contribution in [0.25, 0.3) is 5.69 Å². The van der Waals surface area contributed by atoms with E-state index in [0.717, 1.165) is 35.3 Å². The Morgan fingerprint density at radius 2 is 2.09 bits per heavy atom. The zero-order chi connectivity index (χ0) is 16.1. The van der Waals surface area contributed by atoms with Crippen molar-refractivity contribution in [2.75, 3.05) is 5.32 Å². The molecule has 0 saturated heterocycles. The van der Waals surface area contributed by atoms with Crippen molar-refractivity contribution in [2.24, 2.45) is 5.92 Å². The van der Waals surface area contributed by atoms with Crippen LogP contribution in [-0.2, 0) is 27.1 Å². The van der Waals surface area contributed by atoms with E-state index in [9.17, 15) is 9.00 Å². The highest BCUT2D eigenvalue weighted by Gasteiger charge is 2.33. The number of nitrogens with one attached hydrogen (secondary N) is 1. The Kier molecular flexibility index (Phi) is 3.37. The normalized spacial score (nSPS) is 19.7. The van der Waals surface area contributed by atoms with Crippen molar-refractivity contribution in [3.8, 4) is 5.69 Å². The summed E-state index contributed by atoms with van der Waals surface area (Å²) in [6.45, 7) is 4.12. The van der Waals surface area contributed by atoms with Crippen LogP contribution in [0, 0.1) is 19.8 Å². The van der Waals surface area contributed by atoms with E-state index < -0.39 is 10.8 Å². The van der Waals surface area contributed by atoms with E-state index in [-0.39, 0.29) is 11.8 Å². The molecule has 0 radical (unpaired) electrons. The number of fused-ring (bicyclic) bond motifs is 1. The van der Waals surface area contributed by atoms with E-state index in [1.165, 1.54) is 5.56 Å². The predicted molar refractivity (Wildman–Crippen MR) is 89.9 cm³/mol. The quantitative estimate of drug-likeness (QED) is 0.941. The van der Waals surface area contributed by atoms with Gasteiger partial charge in [-0.3, -0.25) is 9.00 Å². The number of hydrogen-bond donors (Lipinski definition) is 1. The minimum Gasteiger partial charge on any atom is -0.310 e. The molecule has 1 atom stereocenters. The second-order valence-electron chi connectivity index (χ2n) is 6.40. The average molecular weight is 329 g/mol. The van der Waals surface area contributed by atoms with Gasteiger partial charge in [0.25, 0.3) is 0 Å². The Hall–Kier alpha value is -1.95. The minimum absolute atomic E-state index is 0.0527. The number of anilines is 1. The molecule has 4 rings (SSSR count). The molecular weight excluding hydrogens is 310 g/mol. The fraction of sp³-hybridized carbons (Fsp3) is 0.412. The number of aromatic nitrogens is 2. The van der Waals surface area contributed by atoms with E-state index in [1.54, 1.807) is 0 Å². The molecule has 0 bridgehead atoms. The first kappa shape index (κ1) is 14.6. The maximum atomic E-state index is 12.3. The summed E-state index contributed by atoms with van der Waals surface area (Å²) < 4.78 is 13.7. The molecule has 23 heavy (non-hydrogen) atoms. The van der Waals surface area contributed by atoms with Crippen LogP contribution in [0.4, 0.5) is 5.82 Å². The Bertz CT molecular complexity index is 837. The first-order valence-electron chi connectivity index (χ1n) is 7.88. The number of benzene rings is 1. The maximum Gasteiger partial charge on any atom is 0.228 e. The molecule has 1 saturated carbocycles. The number of carbonyl (C=O) groups excluding carboxylic acids is 1.